The standard InChI is InChI=1S/C14H10N6S/c1-2-5-12-11(4-1)19-14(21-12)18-10-8-17-20(9-10)13-15-6-3-7-16-13/h1-9H,(H,18,19). The van der Waals surface area contributed by atoms with Gasteiger partial charge in [-0.2, -0.15) is 5.10 Å². The van der Waals surface area contributed by atoms with Crippen molar-refractivity contribution in [1.29, 1.82) is 0 Å². The van der Waals surface area contributed by atoms with Crippen molar-refractivity contribution in [2.24, 2.45) is 0 Å². The Morgan fingerprint density at radius 1 is 1.05 bits per heavy atom. The predicted molar refractivity (Wildman–Crippen MR) is 82.1 cm³/mol. The van der Waals surface area contributed by atoms with Crippen molar-refractivity contribution in [3.63, 3.8) is 0 Å². The van der Waals surface area contributed by atoms with Crippen LogP contribution in [-0.4, -0.2) is 24.7 Å². The molecule has 0 radical (unpaired) electrons. The van der Waals surface area contributed by atoms with E-state index in [1.54, 1.807) is 40.7 Å². The molecule has 0 fully saturated rings. The molecule has 6 nitrogen and oxygen atoms in total. The summed E-state index contributed by atoms with van der Waals surface area (Å²) in [6.45, 7) is 0. The summed E-state index contributed by atoms with van der Waals surface area (Å²) in [5.41, 5.74) is 1.84. The zero-order valence-corrected chi connectivity index (χ0v) is 11.7. The highest BCUT2D eigenvalue weighted by molar-refractivity contribution is 7.22. The molecule has 21 heavy (non-hydrogen) atoms. The molecule has 0 aliphatic carbocycles. The number of thiazole rings is 1. The monoisotopic (exact) mass is 294 g/mol. The van der Waals surface area contributed by atoms with Gasteiger partial charge in [-0.3, -0.25) is 0 Å². The van der Waals surface area contributed by atoms with Crippen molar-refractivity contribution in [3.05, 3.63) is 55.1 Å². The average molecular weight is 294 g/mol. The third kappa shape index (κ3) is 2.34. The Bertz CT molecular complexity index is 850. The van der Waals surface area contributed by atoms with Gasteiger partial charge in [-0.15, -0.1) is 0 Å². The van der Waals surface area contributed by atoms with E-state index in [2.05, 4.69) is 31.4 Å². The van der Waals surface area contributed by atoms with Crippen LogP contribution in [-0.2, 0) is 0 Å². The van der Waals surface area contributed by atoms with E-state index in [1.165, 1.54) is 0 Å². The number of aromatic nitrogens is 5. The van der Waals surface area contributed by atoms with Gasteiger partial charge in [0.15, 0.2) is 5.13 Å². The van der Waals surface area contributed by atoms with E-state index < -0.39 is 0 Å². The van der Waals surface area contributed by atoms with Crippen LogP contribution in [0.15, 0.2) is 55.1 Å². The smallest absolute Gasteiger partial charge is 0.250 e. The fourth-order valence-electron chi connectivity index (χ4n) is 1.96. The Hall–Kier alpha value is -2.80. The van der Waals surface area contributed by atoms with E-state index in [4.69, 9.17) is 0 Å². The number of hydrogen-bond acceptors (Lipinski definition) is 6. The SMILES string of the molecule is c1cnc(-n2cc(Nc3nc4ccccc4s3)cn2)nc1. The van der Waals surface area contributed by atoms with Gasteiger partial charge in [-0.25, -0.2) is 19.6 Å². The summed E-state index contributed by atoms with van der Waals surface area (Å²) in [7, 11) is 0. The minimum atomic E-state index is 0.537. The van der Waals surface area contributed by atoms with Crippen molar-refractivity contribution in [1.82, 2.24) is 24.7 Å². The molecule has 3 heterocycles. The maximum absolute atomic E-state index is 4.53. The number of nitrogens with zero attached hydrogens (tertiary/aromatic N) is 5. The summed E-state index contributed by atoms with van der Waals surface area (Å²) in [5.74, 6) is 0.537. The average Bonchev–Trinajstić information content (AvgIpc) is 3.14. The summed E-state index contributed by atoms with van der Waals surface area (Å²) >= 11 is 1.61. The number of para-hydroxylation sites is 1. The molecular weight excluding hydrogens is 284 g/mol. The van der Waals surface area contributed by atoms with E-state index >= 15 is 0 Å². The van der Waals surface area contributed by atoms with Gasteiger partial charge in [0.25, 0.3) is 0 Å². The quantitative estimate of drug-likeness (QED) is 0.629. The van der Waals surface area contributed by atoms with Gasteiger partial charge in [0.2, 0.25) is 5.95 Å². The second-order valence-corrected chi connectivity index (χ2v) is 5.36. The second-order valence-electron chi connectivity index (χ2n) is 4.33. The molecule has 0 unspecified atom stereocenters. The maximum Gasteiger partial charge on any atom is 0.250 e. The van der Waals surface area contributed by atoms with Crippen molar-refractivity contribution in [2.45, 2.75) is 0 Å². The fraction of sp³-hybridized carbons (Fsp3) is 0. The van der Waals surface area contributed by atoms with Crippen LogP contribution in [0.25, 0.3) is 16.2 Å². The summed E-state index contributed by atoms with van der Waals surface area (Å²) in [5, 5.41) is 8.33. The Morgan fingerprint density at radius 2 is 1.90 bits per heavy atom. The maximum atomic E-state index is 4.53. The Morgan fingerprint density at radius 3 is 2.76 bits per heavy atom. The third-order valence-corrected chi connectivity index (χ3v) is 3.84. The Labute approximate surface area is 124 Å². The summed E-state index contributed by atoms with van der Waals surface area (Å²) in [6.07, 6.45) is 6.93. The molecule has 0 saturated carbocycles. The Kier molecular flexibility index (Phi) is 2.82. The predicted octanol–water partition coefficient (Wildman–Crippen LogP) is 3.02. The molecule has 0 aliphatic heterocycles. The number of anilines is 2. The molecule has 4 aromatic rings. The third-order valence-electron chi connectivity index (χ3n) is 2.88. The van der Waals surface area contributed by atoms with E-state index in [-0.39, 0.29) is 0 Å². The van der Waals surface area contributed by atoms with Gasteiger partial charge in [0, 0.05) is 12.4 Å². The van der Waals surface area contributed by atoms with Crippen LogP contribution >= 0.6 is 11.3 Å². The molecule has 1 aromatic carbocycles. The second kappa shape index (κ2) is 4.95. The summed E-state index contributed by atoms with van der Waals surface area (Å²) in [4.78, 5) is 12.8. The highest BCUT2D eigenvalue weighted by Crippen LogP contribution is 2.27. The van der Waals surface area contributed by atoms with Gasteiger partial charge < -0.3 is 5.32 Å². The van der Waals surface area contributed by atoms with Gasteiger partial charge in [-0.1, -0.05) is 23.5 Å². The number of benzene rings is 1. The highest BCUT2D eigenvalue weighted by atomic mass is 32.1. The zero-order chi connectivity index (χ0) is 14.1. The number of nitrogens with one attached hydrogen (secondary N) is 1. The number of rotatable bonds is 3. The van der Waals surface area contributed by atoms with Crippen molar-refractivity contribution in [2.75, 3.05) is 5.32 Å². The number of fused-ring (bicyclic) bond motifs is 1. The molecule has 1 N–H and O–H groups in total. The molecular formula is C14H10N6S. The lowest BCUT2D eigenvalue weighted by atomic mass is 10.3. The number of hydrogen-bond donors (Lipinski definition) is 1. The minimum Gasteiger partial charge on any atom is -0.329 e. The molecule has 0 atom stereocenters. The van der Waals surface area contributed by atoms with Crippen LogP contribution in [0.4, 0.5) is 10.8 Å². The first-order chi connectivity index (χ1) is 10.4. The van der Waals surface area contributed by atoms with Crippen LogP contribution in [0, 0.1) is 0 Å². The fourth-order valence-corrected chi connectivity index (χ4v) is 2.84. The van der Waals surface area contributed by atoms with E-state index in [0.717, 1.165) is 21.0 Å². The highest BCUT2D eigenvalue weighted by Gasteiger charge is 2.06. The van der Waals surface area contributed by atoms with Gasteiger partial charge >= 0.3 is 0 Å². The lowest BCUT2D eigenvalue weighted by molar-refractivity contribution is 0.808. The topological polar surface area (TPSA) is 68.5 Å². The molecule has 0 bridgehead atoms. The molecule has 0 aliphatic rings. The van der Waals surface area contributed by atoms with Crippen LogP contribution in [0.3, 0.4) is 0 Å². The molecule has 0 saturated heterocycles. The lowest BCUT2D eigenvalue weighted by Crippen LogP contribution is -1.99. The minimum absolute atomic E-state index is 0.537. The van der Waals surface area contributed by atoms with Crippen molar-refractivity contribution < 1.29 is 0 Å². The van der Waals surface area contributed by atoms with Gasteiger partial charge in [0.1, 0.15) is 0 Å². The summed E-state index contributed by atoms with van der Waals surface area (Å²) in [6, 6.07) is 9.82. The first kappa shape index (κ1) is 12.0. The van der Waals surface area contributed by atoms with E-state index in [1.807, 2.05) is 24.4 Å². The van der Waals surface area contributed by atoms with Crippen LogP contribution in [0.2, 0.25) is 0 Å². The van der Waals surface area contributed by atoms with Crippen molar-refractivity contribution in [3.8, 4) is 5.95 Å². The molecule has 3 aromatic heterocycles. The van der Waals surface area contributed by atoms with Crippen LogP contribution in [0.1, 0.15) is 0 Å². The lowest BCUT2D eigenvalue weighted by Gasteiger charge is -1.97. The first-order valence-corrected chi connectivity index (χ1v) is 7.15. The first-order valence-electron chi connectivity index (χ1n) is 6.33. The van der Waals surface area contributed by atoms with Crippen molar-refractivity contribution >= 4 is 32.4 Å². The normalized spacial score (nSPS) is 10.9. The summed E-state index contributed by atoms with van der Waals surface area (Å²) < 4.78 is 2.77. The van der Waals surface area contributed by atoms with E-state index in [0.29, 0.717) is 5.95 Å². The molecule has 0 spiro atoms. The van der Waals surface area contributed by atoms with Gasteiger partial charge in [0.05, 0.1) is 28.3 Å². The molecule has 7 heteroatoms. The Balaban J connectivity index is 1.61. The van der Waals surface area contributed by atoms with Crippen LogP contribution < -0.4 is 5.32 Å². The molecule has 102 valence electrons. The van der Waals surface area contributed by atoms with Crippen LogP contribution in [0.5, 0.6) is 0 Å². The van der Waals surface area contributed by atoms with Gasteiger partial charge in [-0.05, 0) is 18.2 Å². The zero-order valence-electron chi connectivity index (χ0n) is 10.8. The molecule has 0 amide bonds. The molecule has 4 rings (SSSR count). The van der Waals surface area contributed by atoms with E-state index in [9.17, 15) is 0 Å². The largest absolute Gasteiger partial charge is 0.329 e.